The van der Waals surface area contributed by atoms with Crippen molar-refractivity contribution in [2.75, 3.05) is 18.4 Å². The van der Waals surface area contributed by atoms with E-state index in [-0.39, 0.29) is 6.03 Å². The average Bonchev–Trinajstić information content (AvgIpc) is 2.29. The van der Waals surface area contributed by atoms with Crippen molar-refractivity contribution in [1.29, 1.82) is 0 Å². The summed E-state index contributed by atoms with van der Waals surface area (Å²) in [5, 5.41) is 3.51. The normalized spacial score (nSPS) is 20.1. The number of amides is 2. The molecule has 4 heteroatoms. The van der Waals surface area contributed by atoms with Crippen LogP contribution >= 0.6 is 11.6 Å². The van der Waals surface area contributed by atoms with Crippen LogP contribution in [0.3, 0.4) is 0 Å². The number of urea groups is 1. The first kappa shape index (κ1) is 12.2. The lowest BCUT2D eigenvalue weighted by Gasteiger charge is -2.30. The Balaban J connectivity index is 1.96. The summed E-state index contributed by atoms with van der Waals surface area (Å²) in [5.74, 6) is 0.592. The Hall–Kier alpha value is -1.22. The number of anilines is 1. The van der Waals surface area contributed by atoms with Gasteiger partial charge in [-0.05, 0) is 37.0 Å². The second-order valence-electron chi connectivity index (χ2n) is 4.63. The predicted molar refractivity (Wildman–Crippen MR) is 70.4 cm³/mol. The van der Waals surface area contributed by atoms with Crippen molar-refractivity contribution in [2.45, 2.75) is 19.8 Å². The number of halogens is 1. The zero-order valence-electron chi connectivity index (χ0n) is 9.95. The Morgan fingerprint density at radius 1 is 1.53 bits per heavy atom. The van der Waals surface area contributed by atoms with E-state index in [4.69, 9.17) is 11.6 Å². The monoisotopic (exact) mass is 252 g/mol. The third kappa shape index (κ3) is 3.37. The highest BCUT2D eigenvalue weighted by molar-refractivity contribution is 6.30. The van der Waals surface area contributed by atoms with Gasteiger partial charge in [0.25, 0.3) is 0 Å². The van der Waals surface area contributed by atoms with E-state index in [1.165, 1.54) is 6.42 Å². The first-order valence-electron chi connectivity index (χ1n) is 5.96. The zero-order chi connectivity index (χ0) is 12.3. The molecule has 2 amide bonds. The quantitative estimate of drug-likeness (QED) is 0.814. The Bertz CT molecular complexity index is 408. The van der Waals surface area contributed by atoms with Crippen LogP contribution in [-0.2, 0) is 0 Å². The van der Waals surface area contributed by atoms with Crippen LogP contribution in [0, 0.1) is 5.92 Å². The number of benzene rings is 1. The molecule has 0 spiro atoms. The fourth-order valence-electron chi connectivity index (χ4n) is 2.14. The smallest absolute Gasteiger partial charge is 0.321 e. The maximum atomic E-state index is 12.0. The van der Waals surface area contributed by atoms with E-state index in [1.54, 1.807) is 12.1 Å². The second kappa shape index (κ2) is 5.41. The van der Waals surface area contributed by atoms with Gasteiger partial charge in [-0.25, -0.2) is 4.79 Å². The Morgan fingerprint density at radius 2 is 2.35 bits per heavy atom. The van der Waals surface area contributed by atoms with Gasteiger partial charge in [0.1, 0.15) is 0 Å². The summed E-state index contributed by atoms with van der Waals surface area (Å²) < 4.78 is 0. The molecule has 17 heavy (non-hydrogen) atoms. The van der Waals surface area contributed by atoms with Crippen LogP contribution in [0.1, 0.15) is 19.8 Å². The van der Waals surface area contributed by atoms with E-state index in [1.807, 2.05) is 17.0 Å². The van der Waals surface area contributed by atoms with Gasteiger partial charge < -0.3 is 10.2 Å². The molecule has 1 aromatic carbocycles. The number of hydrogen-bond acceptors (Lipinski definition) is 1. The second-order valence-corrected chi connectivity index (χ2v) is 5.07. The number of carbonyl (C=O) groups excluding carboxylic acids is 1. The summed E-state index contributed by atoms with van der Waals surface area (Å²) in [6.45, 7) is 3.86. The molecule has 1 aliphatic rings. The molecule has 3 nitrogen and oxygen atoms in total. The predicted octanol–water partition coefficient (Wildman–Crippen LogP) is 3.60. The van der Waals surface area contributed by atoms with E-state index in [0.717, 1.165) is 25.2 Å². The fraction of sp³-hybridized carbons (Fsp3) is 0.462. The van der Waals surface area contributed by atoms with Gasteiger partial charge in [-0.3, -0.25) is 0 Å². The van der Waals surface area contributed by atoms with Gasteiger partial charge in [-0.15, -0.1) is 0 Å². The average molecular weight is 253 g/mol. The molecule has 1 N–H and O–H groups in total. The van der Waals surface area contributed by atoms with Crippen molar-refractivity contribution in [3.05, 3.63) is 29.3 Å². The third-order valence-corrected chi connectivity index (χ3v) is 3.26. The fourth-order valence-corrected chi connectivity index (χ4v) is 2.33. The van der Waals surface area contributed by atoms with Gasteiger partial charge in [-0.1, -0.05) is 24.6 Å². The van der Waals surface area contributed by atoms with E-state index in [2.05, 4.69) is 12.2 Å². The molecule has 1 heterocycles. The standard InChI is InChI=1S/C13H17ClN2O/c1-10-4-3-7-16(9-10)13(17)15-12-6-2-5-11(14)8-12/h2,5-6,8,10H,3-4,7,9H2,1H3,(H,15,17)/t10-/m0/s1. The van der Waals surface area contributed by atoms with E-state index in [9.17, 15) is 4.79 Å². The molecule has 0 aliphatic carbocycles. The number of hydrogen-bond donors (Lipinski definition) is 1. The van der Waals surface area contributed by atoms with Crippen LogP contribution in [-0.4, -0.2) is 24.0 Å². The van der Waals surface area contributed by atoms with Crippen molar-refractivity contribution in [2.24, 2.45) is 5.92 Å². The van der Waals surface area contributed by atoms with Gasteiger partial charge in [0.2, 0.25) is 0 Å². The topological polar surface area (TPSA) is 32.3 Å². The van der Waals surface area contributed by atoms with Gasteiger partial charge in [0.05, 0.1) is 0 Å². The summed E-state index contributed by atoms with van der Waals surface area (Å²) in [4.78, 5) is 13.9. The summed E-state index contributed by atoms with van der Waals surface area (Å²) in [6, 6.07) is 7.19. The Morgan fingerprint density at radius 3 is 3.06 bits per heavy atom. The summed E-state index contributed by atoms with van der Waals surface area (Å²) in [7, 11) is 0. The molecule has 0 radical (unpaired) electrons. The minimum absolute atomic E-state index is 0.0289. The zero-order valence-corrected chi connectivity index (χ0v) is 10.7. The number of carbonyl (C=O) groups is 1. The van der Waals surface area contributed by atoms with Crippen LogP contribution < -0.4 is 5.32 Å². The maximum Gasteiger partial charge on any atom is 0.321 e. The molecule has 1 aliphatic heterocycles. The molecule has 1 fully saturated rings. The molecular formula is C13H17ClN2O. The Labute approximate surface area is 107 Å². The lowest BCUT2D eigenvalue weighted by atomic mass is 10.0. The van der Waals surface area contributed by atoms with Gasteiger partial charge in [0, 0.05) is 23.8 Å². The van der Waals surface area contributed by atoms with E-state index in [0.29, 0.717) is 10.9 Å². The SMILES string of the molecule is C[C@H]1CCCN(C(=O)Nc2cccc(Cl)c2)C1. The summed E-state index contributed by atoms with van der Waals surface area (Å²) in [5.41, 5.74) is 0.751. The molecule has 1 atom stereocenters. The van der Waals surface area contributed by atoms with Gasteiger partial charge >= 0.3 is 6.03 Å². The molecule has 92 valence electrons. The molecule has 1 saturated heterocycles. The molecule has 1 aromatic rings. The minimum Gasteiger partial charge on any atom is -0.324 e. The lowest BCUT2D eigenvalue weighted by Crippen LogP contribution is -2.41. The van der Waals surface area contributed by atoms with Crippen LogP contribution in [0.15, 0.2) is 24.3 Å². The number of nitrogens with one attached hydrogen (secondary N) is 1. The third-order valence-electron chi connectivity index (χ3n) is 3.02. The van der Waals surface area contributed by atoms with Crippen LogP contribution in [0.25, 0.3) is 0 Å². The molecule has 2 rings (SSSR count). The first-order chi connectivity index (χ1) is 8.15. The van der Waals surface area contributed by atoms with Crippen LogP contribution in [0.5, 0.6) is 0 Å². The number of nitrogens with zero attached hydrogens (tertiary/aromatic N) is 1. The highest BCUT2D eigenvalue weighted by Crippen LogP contribution is 2.18. The minimum atomic E-state index is -0.0289. The van der Waals surface area contributed by atoms with Crippen LogP contribution in [0.2, 0.25) is 5.02 Å². The van der Waals surface area contributed by atoms with Crippen molar-refractivity contribution in [3.63, 3.8) is 0 Å². The number of rotatable bonds is 1. The number of likely N-dealkylation sites (tertiary alicyclic amines) is 1. The molecule has 0 saturated carbocycles. The van der Waals surface area contributed by atoms with E-state index >= 15 is 0 Å². The number of piperidine rings is 1. The van der Waals surface area contributed by atoms with Gasteiger partial charge in [0.15, 0.2) is 0 Å². The molecule has 0 unspecified atom stereocenters. The Kier molecular flexibility index (Phi) is 3.89. The van der Waals surface area contributed by atoms with Gasteiger partial charge in [-0.2, -0.15) is 0 Å². The molecule has 0 aromatic heterocycles. The van der Waals surface area contributed by atoms with Crippen LogP contribution in [0.4, 0.5) is 10.5 Å². The largest absolute Gasteiger partial charge is 0.324 e. The highest BCUT2D eigenvalue weighted by atomic mass is 35.5. The summed E-state index contributed by atoms with van der Waals surface area (Å²) >= 11 is 5.87. The van der Waals surface area contributed by atoms with Crippen molar-refractivity contribution in [1.82, 2.24) is 4.90 Å². The lowest BCUT2D eigenvalue weighted by molar-refractivity contribution is 0.182. The van der Waals surface area contributed by atoms with Crippen molar-refractivity contribution < 1.29 is 4.79 Å². The molecular weight excluding hydrogens is 236 g/mol. The van der Waals surface area contributed by atoms with Crippen molar-refractivity contribution >= 4 is 23.3 Å². The van der Waals surface area contributed by atoms with Crippen molar-refractivity contribution in [3.8, 4) is 0 Å². The van der Waals surface area contributed by atoms with E-state index < -0.39 is 0 Å². The molecule has 0 bridgehead atoms. The highest BCUT2D eigenvalue weighted by Gasteiger charge is 2.20. The maximum absolute atomic E-state index is 12.0. The summed E-state index contributed by atoms with van der Waals surface area (Å²) in [6.07, 6.45) is 2.30. The first-order valence-corrected chi connectivity index (χ1v) is 6.34.